The lowest BCUT2D eigenvalue weighted by molar-refractivity contribution is -0.137. The normalized spacial score (nSPS) is 21.0. The SMILES string of the molecule is CC1CC(C)CN(C(=O)COC(=O)c2c3c(nc4ccccc24)C(=Cc2ccccc2)CC3)C1. The molecule has 2 atom stereocenters. The number of benzene rings is 2. The van der Waals surface area contributed by atoms with Gasteiger partial charge >= 0.3 is 5.97 Å². The molecule has 5 nitrogen and oxygen atoms in total. The first-order chi connectivity index (χ1) is 16.5. The fourth-order valence-electron chi connectivity index (χ4n) is 5.42. The van der Waals surface area contributed by atoms with Crippen molar-refractivity contribution in [1.29, 1.82) is 0 Å². The highest BCUT2D eigenvalue weighted by Crippen LogP contribution is 2.37. The van der Waals surface area contributed by atoms with Gasteiger partial charge in [-0.25, -0.2) is 9.78 Å². The number of likely N-dealkylation sites (tertiary alicyclic amines) is 1. The third-order valence-electron chi connectivity index (χ3n) is 6.83. The quantitative estimate of drug-likeness (QED) is 0.497. The molecular weight excluding hydrogens is 424 g/mol. The second-order valence-electron chi connectivity index (χ2n) is 9.73. The average molecular weight is 455 g/mol. The van der Waals surface area contributed by atoms with Crippen LogP contribution in [0.2, 0.25) is 0 Å². The summed E-state index contributed by atoms with van der Waals surface area (Å²) in [5.41, 5.74) is 5.32. The molecule has 174 valence electrons. The van der Waals surface area contributed by atoms with E-state index in [9.17, 15) is 9.59 Å². The Balaban J connectivity index is 1.43. The molecule has 2 aromatic carbocycles. The van der Waals surface area contributed by atoms with E-state index in [1.165, 1.54) is 0 Å². The summed E-state index contributed by atoms with van der Waals surface area (Å²) in [6.07, 6.45) is 4.81. The van der Waals surface area contributed by atoms with E-state index in [-0.39, 0.29) is 12.5 Å². The lowest BCUT2D eigenvalue weighted by Crippen LogP contribution is -2.44. The van der Waals surface area contributed by atoms with Gasteiger partial charge in [-0.3, -0.25) is 4.79 Å². The maximum absolute atomic E-state index is 13.4. The molecule has 1 saturated heterocycles. The predicted octanol–water partition coefficient (Wildman–Crippen LogP) is 5.38. The maximum atomic E-state index is 13.4. The fourth-order valence-corrected chi connectivity index (χ4v) is 5.42. The van der Waals surface area contributed by atoms with Crippen molar-refractivity contribution in [2.45, 2.75) is 33.1 Å². The van der Waals surface area contributed by atoms with Crippen LogP contribution in [0.15, 0.2) is 54.6 Å². The molecule has 1 aromatic heterocycles. The van der Waals surface area contributed by atoms with E-state index in [4.69, 9.17) is 9.72 Å². The van der Waals surface area contributed by atoms with Gasteiger partial charge in [-0.2, -0.15) is 0 Å². The Labute approximate surface area is 200 Å². The highest BCUT2D eigenvalue weighted by atomic mass is 16.5. The van der Waals surface area contributed by atoms with E-state index < -0.39 is 5.97 Å². The molecule has 2 heterocycles. The molecule has 0 radical (unpaired) electrons. The highest BCUT2D eigenvalue weighted by Gasteiger charge is 2.29. The second-order valence-corrected chi connectivity index (χ2v) is 9.73. The van der Waals surface area contributed by atoms with Crippen LogP contribution < -0.4 is 0 Å². The fraction of sp³-hybridized carbons (Fsp3) is 0.345. The van der Waals surface area contributed by atoms with E-state index >= 15 is 0 Å². The molecule has 2 aliphatic rings. The lowest BCUT2D eigenvalue weighted by atomic mass is 9.92. The molecule has 0 saturated carbocycles. The molecule has 34 heavy (non-hydrogen) atoms. The largest absolute Gasteiger partial charge is 0.452 e. The minimum absolute atomic E-state index is 0.119. The molecular formula is C29H30N2O3. The summed E-state index contributed by atoms with van der Waals surface area (Å²) in [5.74, 6) is 0.366. The number of hydrogen-bond acceptors (Lipinski definition) is 4. The van der Waals surface area contributed by atoms with Gasteiger partial charge in [-0.15, -0.1) is 0 Å². The number of rotatable bonds is 4. The van der Waals surface area contributed by atoms with Gasteiger partial charge in [-0.1, -0.05) is 62.4 Å². The monoisotopic (exact) mass is 454 g/mol. The molecule has 2 unspecified atom stereocenters. The van der Waals surface area contributed by atoms with Crippen LogP contribution in [0.1, 0.15) is 53.9 Å². The van der Waals surface area contributed by atoms with Crippen molar-refractivity contribution in [3.05, 3.63) is 77.0 Å². The van der Waals surface area contributed by atoms with Gasteiger partial charge in [0.15, 0.2) is 6.61 Å². The molecule has 1 aliphatic carbocycles. The Morgan fingerprint density at radius 3 is 2.47 bits per heavy atom. The van der Waals surface area contributed by atoms with E-state index in [0.717, 1.165) is 65.6 Å². The first kappa shape index (κ1) is 22.3. The topological polar surface area (TPSA) is 59.5 Å². The molecule has 5 rings (SSSR count). The Morgan fingerprint density at radius 1 is 1.00 bits per heavy atom. The van der Waals surface area contributed by atoms with Gasteiger partial charge in [0.2, 0.25) is 0 Å². The van der Waals surface area contributed by atoms with Gasteiger partial charge in [0.05, 0.1) is 16.8 Å². The number of carbonyl (C=O) groups excluding carboxylic acids is 2. The molecule has 1 fully saturated rings. The number of carbonyl (C=O) groups is 2. The number of allylic oxidation sites excluding steroid dienone is 1. The van der Waals surface area contributed by atoms with Crippen molar-refractivity contribution in [2.24, 2.45) is 11.8 Å². The Morgan fingerprint density at radius 2 is 1.71 bits per heavy atom. The maximum Gasteiger partial charge on any atom is 0.339 e. The summed E-state index contributed by atoms with van der Waals surface area (Å²) in [6.45, 7) is 5.55. The van der Waals surface area contributed by atoms with Crippen molar-refractivity contribution < 1.29 is 14.3 Å². The van der Waals surface area contributed by atoms with Crippen LogP contribution in [0.4, 0.5) is 0 Å². The minimum atomic E-state index is -0.442. The Bertz CT molecular complexity index is 1260. The standard InChI is InChI=1S/C29H30N2O3/c1-19-14-20(2)17-31(16-19)26(32)18-34-29(33)27-23-10-6-7-11-25(23)30-28-22(12-13-24(27)28)15-21-8-4-3-5-9-21/h3-11,15,19-20H,12-14,16-18H2,1-2H3. The predicted molar refractivity (Wildman–Crippen MR) is 134 cm³/mol. The van der Waals surface area contributed by atoms with E-state index in [1.807, 2.05) is 47.4 Å². The van der Waals surface area contributed by atoms with Crippen LogP contribution in [0.25, 0.3) is 22.6 Å². The van der Waals surface area contributed by atoms with Gasteiger partial charge in [0.25, 0.3) is 5.91 Å². The van der Waals surface area contributed by atoms with Gasteiger partial charge in [0.1, 0.15) is 0 Å². The van der Waals surface area contributed by atoms with E-state index in [1.54, 1.807) is 0 Å². The number of para-hydroxylation sites is 1. The zero-order valence-electron chi connectivity index (χ0n) is 19.8. The average Bonchev–Trinajstić information content (AvgIpc) is 3.22. The number of ether oxygens (including phenoxy) is 1. The molecule has 0 N–H and O–H groups in total. The van der Waals surface area contributed by atoms with Crippen molar-refractivity contribution >= 4 is 34.4 Å². The number of fused-ring (bicyclic) bond motifs is 2. The smallest absolute Gasteiger partial charge is 0.339 e. The van der Waals surface area contributed by atoms with Gasteiger partial charge in [0, 0.05) is 18.5 Å². The second kappa shape index (κ2) is 9.41. The number of esters is 1. The van der Waals surface area contributed by atoms with Crippen molar-refractivity contribution in [3.8, 4) is 0 Å². The van der Waals surface area contributed by atoms with Crippen LogP contribution >= 0.6 is 0 Å². The lowest BCUT2D eigenvalue weighted by Gasteiger charge is -2.34. The molecule has 3 aromatic rings. The Hall–Kier alpha value is -3.47. The van der Waals surface area contributed by atoms with Crippen molar-refractivity contribution in [3.63, 3.8) is 0 Å². The van der Waals surface area contributed by atoms with Crippen LogP contribution in [-0.4, -0.2) is 41.5 Å². The first-order valence-electron chi connectivity index (χ1n) is 12.1. The summed E-state index contributed by atoms with van der Waals surface area (Å²) in [4.78, 5) is 32.9. The third kappa shape index (κ3) is 4.47. The molecule has 1 aliphatic heterocycles. The van der Waals surface area contributed by atoms with Gasteiger partial charge < -0.3 is 9.64 Å². The van der Waals surface area contributed by atoms with Crippen LogP contribution in [0, 0.1) is 11.8 Å². The first-order valence-corrected chi connectivity index (χ1v) is 12.1. The number of aromatic nitrogens is 1. The van der Waals surface area contributed by atoms with Crippen molar-refractivity contribution in [1.82, 2.24) is 9.88 Å². The number of pyridine rings is 1. The number of piperidine rings is 1. The number of amides is 1. The number of hydrogen-bond donors (Lipinski definition) is 0. The minimum Gasteiger partial charge on any atom is -0.452 e. The molecule has 1 amide bonds. The van der Waals surface area contributed by atoms with Crippen molar-refractivity contribution in [2.75, 3.05) is 19.7 Å². The van der Waals surface area contributed by atoms with E-state index in [2.05, 4.69) is 32.1 Å². The third-order valence-corrected chi connectivity index (χ3v) is 6.83. The number of nitrogens with zero attached hydrogens (tertiary/aromatic N) is 2. The van der Waals surface area contributed by atoms with Gasteiger partial charge in [-0.05, 0) is 59.9 Å². The Kier molecular flexibility index (Phi) is 6.18. The zero-order valence-corrected chi connectivity index (χ0v) is 19.8. The van der Waals surface area contributed by atoms with Crippen LogP contribution in [0.3, 0.4) is 0 Å². The summed E-state index contributed by atoms with van der Waals surface area (Å²) in [6, 6.07) is 17.8. The summed E-state index contributed by atoms with van der Waals surface area (Å²) < 4.78 is 5.62. The van der Waals surface area contributed by atoms with Crippen LogP contribution in [-0.2, 0) is 16.0 Å². The van der Waals surface area contributed by atoms with Crippen LogP contribution in [0.5, 0.6) is 0 Å². The molecule has 0 bridgehead atoms. The molecule has 5 heteroatoms. The van der Waals surface area contributed by atoms with E-state index in [0.29, 0.717) is 17.4 Å². The summed E-state index contributed by atoms with van der Waals surface area (Å²) >= 11 is 0. The molecule has 0 spiro atoms. The zero-order chi connectivity index (χ0) is 23.7. The summed E-state index contributed by atoms with van der Waals surface area (Å²) in [7, 11) is 0. The summed E-state index contributed by atoms with van der Waals surface area (Å²) in [5, 5.41) is 0.778. The highest BCUT2D eigenvalue weighted by molar-refractivity contribution is 6.07.